The molecule has 0 aromatic rings. The summed E-state index contributed by atoms with van der Waals surface area (Å²) in [5, 5.41) is 3.54. The van der Waals surface area contributed by atoms with Crippen molar-refractivity contribution in [2.75, 3.05) is 60.0 Å². The molecule has 1 N–H and O–H groups in total. The Morgan fingerprint density at radius 2 is 2.00 bits per heavy atom. The quantitative estimate of drug-likeness (QED) is 0.699. The van der Waals surface area contributed by atoms with Crippen LogP contribution in [0.4, 0.5) is 0 Å². The first-order valence-electron chi connectivity index (χ1n) is 8.68. The van der Waals surface area contributed by atoms with E-state index in [9.17, 15) is 0 Å². The fourth-order valence-electron chi connectivity index (χ4n) is 3.98. The molecule has 2 fully saturated rings. The predicted octanol–water partition coefficient (Wildman–Crippen LogP) is 2.09. The summed E-state index contributed by atoms with van der Waals surface area (Å²) in [6, 6.07) is 0.770. The summed E-state index contributed by atoms with van der Waals surface area (Å²) in [5.41, 5.74) is 0.627. The van der Waals surface area contributed by atoms with Gasteiger partial charge in [-0.15, -0.1) is 12.4 Å². The Morgan fingerprint density at radius 3 is 2.55 bits per heavy atom. The Bertz CT molecular complexity index is 300. The van der Waals surface area contributed by atoms with E-state index in [1.165, 1.54) is 52.0 Å². The van der Waals surface area contributed by atoms with Gasteiger partial charge >= 0.3 is 0 Å². The van der Waals surface area contributed by atoms with Crippen molar-refractivity contribution < 1.29 is 4.74 Å². The second-order valence-corrected chi connectivity index (χ2v) is 7.58. The van der Waals surface area contributed by atoms with E-state index in [0.29, 0.717) is 5.41 Å². The van der Waals surface area contributed by atoms with Crippen molar-refractivity contribution in [1.82, 2.24) is 15.1 Å². The highest BCUT2D eigenvalue weighted by Gasteiger charge is 2.47. The minimum atomic E-state index is 0. The van der Waals surface area contributed by atoms with Gasteiger partial charge in [0.05, 0.1) is 6.61 Å². The van der Waals surface area contributed by atoms with Crippen LogP contribution in [0.25, 0.3) is 0 Å². The molecule has 2 aliphatic rings. The summed E-state index contributed by atoms with van der Waals surface area (Å²) in [6.07, 6.45) is 4.01. The van der Waals surface area contributed by atoms with Crippen molar-refractivity contribution in [3.05, 3.63) is 0 Å². The number of nitrogens with one attached hydrogen (secondary N) is 1. The summed E-state index contributed by atoms with van der Waals surface area (Å²) in [6.45, 7) is 13.0. The molecular formula is C17H36ClN3O. The molecule has 2 aliphatic heterocycles. The highest BCUT2D eigenvalue weighted by atomic mass is 35.5. The molecule has 0 bridgehead atoms. The molecule has 0 aromatic carbocycles. The van der Waals surface area contributed by atoms with E-state index in [2.05, 4.69) is 36.0 Å². The van der Waals surface area contributed by atoms with E-state index in [1.54, 1.807) is 7.11 Å². The number of hydrogen-bond donors (Lipinski definition) is 1. The summed E-state index contributed by atoms with van der Waals surface area (Å²) < 4.78 is 5.14. The lowest BCUT2D eigenvalue weighted by atomic mass is 9.76. The molecule has 1 unspecified atom stereocenters. The van der Waals surface area contributed by atoms with Crippen molar-refractivity contribution in [3.63, 3.8) is 0 Å². The van der Waals surface area contributed by atoms with Crippen LogP contribution < -0.4 is 5.32 Å². The van der Waals surface area contributed by atoms with Gasteiger partial charge in [0.1, 0.15) is 0 Å². The van der Waals surface area contributed by atoms with E-state index >= 15 is 0 Å². The summed E-state index contributed by atoms with van der Waals surface area (Å²) in [7, 11) is 3.98. The van der Waals surface area contributed by atoms with Gasteiger partial charge in [-0.05, 0) is 45.3 Å². The highest BCUT2D eigenvalue weighted by molar-refractivity contribution is 5.85. The molecule has 1 spiro atoms. The highest BCUT2D eigenvalue weighted by Crippen LogP contribution is 2.39. The van der Waals surface area contributed by atoms with Crippen molar-refractivity contribution in [2.45, 2.75) is 39.2 Å². The van der Waals surface area contributed by atoms with Crippen molar-refractivity contribution in [2.24, 2.45) is 11.3 Å². The maximum atomic E-state index is 5.14. The normalized spacial score (nSPS) is 22.1. The average molecular weight is 334 g/mol. The number of halogens is 1. The van der Waals surface area contributed by atoms with E-state index in [-0.39, 0.29) is 12.4 Å². The van der Waals surface area contributed by atoms with E-state index in [4.69, 9.17) is 4.74 Å². The number of hydrogen-bond acceptors (Lipinski definition) is 4. The van der Waals surface area contributed by atoms with Crippen LogP contribution in [0.15, 0.2) is 0 Å². The van der Waals surface area contributed by atoms with Crippen LogP contribution in [0.1, 0.15) is 33.1 Å². The maximum Gasteiger partial charge on any atom is 0.0589 e. The standard InChI is InChI=1S/C17H35N3O.ClH/c1-15(2)16(6-5-9-19(3)10-11-21-4)20-13-17(14-20)7-8-18-12-17;/h15-16,18H,5-14H2,1-4H3;1H. The van der Waals surface area contributed by atoms with Crippen molar-refractivity contribution >= 4 is 12.4 Å². The molecular weight excluding hydrogens is 298 g/mol. The molecule has 2 rings (SSSR count). The second kappa shape index (κ2) is 9.43. The number of likely N-dealkylation sites (N-methyl/N-ethyl adjacent to an activating group) is 1. The molecule has 2 heterocycles. The second-order valence-electron chi connectivity index (χ2n) is 7.58. The van der Waals surface area contributed by atoms with Gasteiger partial charge in [0.25, 0.3) is 0 Å². The van der Waals surface area contributed by atoms with Crippen LogP contribution in [0.2, 0.25) is 0 Å². The first-order valence-corrected chi connectivity index (χ1v) is 8.68. The van der Waals surface area contributed by atoms with Gasteiger partial charge in [-0.1, -0.05) is 13.8 Å². The summed E-state index contributed by atoms with van der Waals surface area (Å²) in [5.74, 6) is 0.765. The number of nitrogens with zero attached hydrogens (tertiary/aromatic N) is 2. The average Bonchev–Trinajstić information content (AvgIpc) is 2.89. The van der Waals surface area contributed by atoms with Gasteiger partial charge in [-0.2, -0.15) is 0 Å². The van der Waals surface area contributed by atoms with E-state index in [0.717, 1.165) is 25.1 Å². The Morgan fingerprint density at radius 1 is 1.27 bits per heavy atom. The topological polar surface area (TPSA) is 27.7 Å². The number of ether oxygens (including phenoxy) is 1. The largest absolute Gasteiger partial charge is 0.383 e. The van der Waals surface area contributed by atoms with Crippen LogP contribution >= 0.6 is 12.4 Å². The molecule has 22 heavy (non-hydrogen) atoms. The third-order valence-electron chi connectivity index (χ3n) is 5.36. The third kappa shape index (κ3) is 5.34. The molecule has 0 aromatic heterocycles. The Hall–Kier alpha value is 0.130. The van der Waals surface area contributed by atoms with E-state index < -0.39 is 0 Å². The molecule has 5 heteroatoms. The van der Waals surface area contributed by atoms with Gasteiger partial charge in [-0.3, -0.25) is 4.90 Å². The van der Waals surface area contributed by atoms with Crippen LogP contribution in [-0.4, -0.2) is 75.9 Å². The predicted molar refractivity (Wildman–Crippen MR) is 96.0 cm³/mol. The fourth-order valence-corrected chi connectivity index (χ4v) is 3.98. The lowest BCUT2D eigenvalue weighted by molar-refractivity contribution is -0.0354. The lowest BCUT2D eigenvalue weighted by Gasteiger charge is -2.52. The minimum Gasteiger partial charge on any atom is -0.383 e. The zero-order valence-electron chi connectivity index (χ0n) is 14.9. The van der Waals surface area contributed by atoms with Crippen molar-refractivity contribution in [1.29, 1.82) is 0 Å². The molecule has 2 saturated heterocycles. The maximum absolute atomic E-state index is 5.14. The van der Waals surface area contributed by atoms with Gasteiger partial charge in [0.2, 0.25) is 0 Å². The van der Waals surface area contributed by atoms with Crippen LogP contribution in [-0.2, 0) is 4.74 Å². The lowest BCUT2D eigenvalue weighted by Crippen LogP contribution is -2.61. The molecule has 1 atom stereocenters. The zero-order chi connectivity index (χ0) is 15.3. The number of likely N-dealkylation sites (tertiary alicyclic amines) is 1. The Kier molecular flexibility index (Phi) is 8.65. The van der Waals surface area contributed by atoms with Gasteiger partial charge in [0.15, 0.2) is 0 Å². The van der Waals surface area contributed by atoms with Gasteiger partial charge < -0.3 is 15.0 Å². The first-order chi connectivity index (χ1) is 10.1. The summed E-state index contributed by atoms with van der Waals surface area (Å²) >= 11 is 0. The number of methoxy groups -OCH3 is 1. The number of rotatable bonds is 9. The van der Waals surface area contributed by atoms with Crippen molar-refractivity contribution in [3.8, 4) is 0 Å². The molecule has 0 saturated carbocycles. The molecule has 0 aliphatic carbocycles. The molecule has 0 amide bonds. The third-order valence-corrected chi connectivity index (χ3v) is 5.36. The Balaban J connectivity index is 0.00000242. The fraction of sp³-hybridized carbons (Fsp3) is 1.00. The van der Waals surface area contributed by atoms with Gasteiger partial charge in [-0.25, -0.2) is 0 Å². The molecule has 0 radical (unpaired) electrons. The summed E-state index contributed by atoms with van der Waals surface area (Å²) in [4.78, 5) is 5.13. The smallest absolute Gasteiger partial charge is 0.0589 e. The molecule has 4 nitrogen and oxygen atoms in total. The van der Waals surface area contributed by atoms with Crippen LogP contribution in [0.5, 0.6) is 0 Å². The first kappa shape index (κ1) is 20.2. The minimum absolute atomic E-state index is 0. The van der Waals surface area contributed by atoms with Crippen LogP contribution in [0, 0.1) is 11.3 Å². The Labute approximate surface area is 143 Å². The molecule has 132 valence electrons. The van der Waals surface area contributed by atoms with Gasteiger partial charge in [0, 0.05) is 44.7 Å². The van der Waals surface area contributed by atoms with E-state index in [1.807, 2.05) is 0 Å². The SMILES string of the molecule is COCCN(C)CCCC(C(C)C)N1CC2(CCNC2)C1.Cl. The van der Waals surface area contributed by atoms with Crippen LogP contribution in [0.3, 0.4) is 0 Å². The zero-order valence-corrected chi connectivity index (χ0v) is 15.8. The monoisotopic (exact) mass is 333 g/mol.